The Morgan fingerprint density at radius 3 is 2.65 bits per heavy atom. The number of carbonyl (C=O) groups excluding carboxylic acids is 1. The Balaban J connectivity index is 1.61. The number of hydrogen-bond donors (Lipinski definition) is 1. The molecule has 1 amide bonds. The monoisotopic (exact) mass is 328 g/mol. The number of carbonyl (C=O) groups is 1. The van der Waals surface area contributed by atoms with Crippen LogP contribution in [0.2, 0.25) is 0 Å². The summed E-state index contributed by atoms with van der Waals surface area (Å²) in [6, 6.07) is 12.5. The van der Waals surface area contributed by atoms with Gasteiger partial charge in [0.25, 0.3) is 5.91 Å². The van der Waals surface area contributed by atoms with Crippen LogP contribution in [0.1, 0.15) is 46.3 Å². The number of hydrogen-bond acceptors (Lipinski definition) is 3. The van der Waals surface area contributed by atoms with Gasteiger partial charge in [-0.3, -0.25) is 4.79 Å². The molecule has 1 saturated heterocycles. The van der Waals surface area contributed by atoms with E-state index in [9.17, 15) is 4.79 Å². The van der Waals surface area contributed by atoms with E-state index in [2.05, 4.69) is 31.3 Å². The van der Waals surface area contributed by atoms with Crippen LogP contribution < -0.4 is 5.32 Å². The third-order valence-corrected chi connectivity index (χ3v) is 5.46. The zero-order chi connectivity index (χ0) is 16.2. The van der Waals surface area contributed by atoms with Crippen LogP contribution in [-0.2, 0) is 6.54 Å². The number of amides is 1. The molecular formula is C19H24N2OS. The molecule has 1 atom stereocenters. The number of anilines is 1. The first-order valence-corrected chi connectivity index (χ1v) is 9.15. The van der Waals surface area contributed by atoms with Crippen LogP contribution in [0.4, 0.5) is 5.69 Å². The van der Waals surface area contributed by atoms with Crippen molar-refractivity contribution >= 4 is 22.9 Å². The highest BCUT2D eigenvalue weighted by Gasteiger charge is 2.23. The number of rotatable bonds is 4. The molecule has 0 bridgehead atoms. The third kappa shape index (κ3) is 3.94. The predicted molar refractivity (Wildman–Crippen MR) is 97.2 cm³/mol. The molecule has 3 rings (SSSR count). The average Bonchev–Trinajstić information content (AvgIpc) is 2.99. The fourth-order valence-corrected chi connectivity index (χ4v) is 3.90. The van der Waals surface area contributed by atoms with Crippen LogP contribution in [0.15, 0.2) is 36.4 Å². The highest BCUT2D eigenvalue weighted by atomic mass is 32.1. The van der Waals surface area contributed by atoms with Crippen molar-refractivity contribution in [2.45, 2.75) is 45.7 Å². The molecule has 1 fully saturated rings. The average molecular weight is 328 g/mol. The zero-order valence-corrected chi connectivity index (χ0v) is 14.7. The van der Waals surface area contributed by atoms with Gasteiger partial charge in [-0.05, 0) is 69.5 Å². The minimum atomic E-state index is 0.164. The Labute approximate surface area is 142 Å². The van der Waals surface area contributed by atoms with Gasteiger partial charge in [-0.1, -0.05) is 0 Å². The van der Waals surface area contributed by atoms with E-state index in [-0.39, 0.29) is 5.91 Å². The van der Waals surface area contributed by atoms with E-state index >= 15 is 0 Å². The van der Waals surface area contributed by atoms with Crippen molar-refractivity contribution in [2.75, 3.05) is 11.9 Å². The molecule has 0 radical (unpaired) electrons. The maximum Gasteiger partial charge on any atom is 0.254 e. The summed E-state index contributed by atoms with van der Waals surface area (Å²) in [5.41, 5.74) is 1.84. The summed E-state index contributed by atoms with van der Waals surface area (Å²) >= 11 is 1.81. The van der Waals surface area contributed by atoms with E-state index in [4.69, 9.17) is 0 Å². The van der Waals surface area contributed by atoms with E-state index < -0.39 is 0 Å². The second kappa shape index (κ2) is 7.18. The summed E-state index contributed by atoms with van der Waals surface area (Å²) in [6.45, 7) is 5.98. The summed E-state index contributed by atoms with van der Waals surface area (Å²) in [6.07, 6.45) is 3.47. The molecule has 2 heterocycles. The quantitative estimate of drug-likeness (QED) is 0.883. The molecule has 23 heavy (non-hydrogen) atoms. The van der Waals surface area contributed by atoms with Gasteiger partial charge < -0.3 is 10.2 Å². The first-order chi connectivity index (χ1) is 11.1. The standard InChI is InChI=1S/C19H24N2OS/c1-14-5-3-4-12-21(14)19(22)16-7-9-17(10-8-16)20-13-18-11-6-15(2)23-18/h6-11,14,20H,3-5,12-13H2,1-2H3/t14-/m0/s1. The first-order valence-electron chi connectivity index (χ1n) is 8.34. The Hall–Kier alpha value is -1.81. The Morgan fingerprint density at radius 1 is 1.22 bits per heavy atom. The molecule has 1 N–H and O–H groups in total. The van der Waals surface area contributed by atoms with Gasteiger partial charge in [0.05, 0.1) is 0 Å². The molecule has 0 aliphatic carbocycles. The molecule has 1 aliphatic heterocycles. The molecule has 1 aromatic carbocycles. The Bertz CT molecular complexity index is 662. The van der Waals surface area contributed by atoms with Crippen LogP contribution in [-0.4, -0.2) is 23.4 Å². The van der Waals surface area contributed by atoms with Crippen molar-refractivity contribution in [3.63, 3.8) is 0 Å². The van der Waals surface area contributed by atoms with Crippen molar-refractivity contribution in [2.24, 2.45) is 0 Å². The fraction of sp³-hybridized carbons (Fsp3) is 0.421. The van der Waals surface area contributed by atoms with Crippen LogP contribution in [0, 0.1) is 6.92 Å². The molecule has 0 unspecified atom stereocenters. The minimum absolute atomic E-state index is 0.164. The van der Waals surface area contributed by atoms with E-state index in [0.29, 0.717) is 6.04 Å². The lowest BCUT2D eigenvalue weighted by atomic mass is 10.0. The van der Waals surface area contributed by atoms with Gasteiger partial charge in [-0.25, -0.2) is 0 Å². The number of benzene rings is 1. The van der Waals surface area contributed by atoms with Gasteiger partial charge in [-0.15, -0.1) is 11.3 Å². The summed E-state index contributed by atoms with van der Waals surface area (Å²) in [5, 5.41) is 3.41. The third-order valence-electron chi connectivity index (χ3n) is 4.46. The van der Waals surface area contributed by atoms with Gasteiger partial charge in [0.2, 0.25) is 0 Å². The summed E-state index contributed by atoms with van der Waals surface area (Å²) < 4.78 is 0. The molecule has 122 valence electrons. The lowest BCUT2D eigenvalue weighted by Gasteiger charge is -2.33. The topological polar surface area (TPSA) is 32.3 Å². The van der Waals surface area contributed by atoms with Gasteiger partial charge >= 0.3 is 0 Å². The summed E-state index contributed by atoms with van der Waals surface area (Å²) in [5.74, 6) is 0.164. The van der Waals surface area contributed by atoms with E-state index in [1.807, 2.05) is 40.5 Å². The van der Waals surface area contributed by atoms with Crippen molar-refractivity contribution < 1.29 is 4.79 Å². The molecular weight excluding hydrogens is 304 g/mol. The highest BCUT2D eigenvalue weighted by molar-refractivity contribution is 7.11. The highest BCUT2D eigenvalue weighted by Crippen LogP contribution is 2.21. The zero-order valence-electron chi connectivity index (χ0n) is 13.8. The number of nitrogens with one attached hydrogen (secondary N) is 1. The molecule has 0 spiro atoms. The second-order valence-electron chi connectivity index (χ2n) is 6.29. The Morgan fingerprint density at radius 2 is 2.00 bits per heavy atom. The smallest absolute Gasteiger partial charge is 0.254 e. The number of nitrogens with zero attached hydrogens (tertiary/aromatic N) is 1. The lowest BCUT2D eigenvalue weighted by Crippen LogP contribution is -2.41. The van der Waals surface area contributed by atoms with E-state index in [1.54, 1.807) is 0 Å². The van der Waals surface area contributed by atoms with Gasteiger partial charge in [0.15, 0.2) is 0 Å². The van der Waals surface area contributed by atoms with Crippen LogP contribution in [0.3, 0.4) is 0 Å². The molecule has 3 nitrogen and oxygen atoms in total. The van der Waals surface area contributed by atoms with Gasteiger partial charge in [0.1, 0.15) is 0 Å². The minimum Gasteiger partial charge on any atom is -0.380 e. The van der Waals surface area contributed by atoms with Crippen molar-refractivity contribution in [3.05, 3.63) is 51.7 Å². The number of aryl methyl sites for hydroxylation is 1. The molecule has 0 saturated carbocycles. The SMILES string of the molecule is Cc1ccc(CNc2ccc(C(=O)N3CCCC[C@@H]3C)cc2)s1. The van der Waals surface area contributed by atoms with Crippen LogP contribution >= 0.6 is 11.3 Å². The van der Waals surface area contributed by atoms with Crippen molar-refractivity contribution in [1.29, 1.82) is 0 Å². The van der Waals surface area contributed by atoms with E-state index in [0.717, 1.165) is 37.2 Å². The van der Waals surface area contributed by atoms with Crippen molar-refractivity contribution in [1.82, 2.24) is 4.90 Å². The number of piperidine rings is 1. The molecule has 2 aromatic rings. The number of thiophene rings is 1. The molecule has 1 aromatic heterocycles. The largest absolute Gasteiger partial charge is 0.380 e. The predicted octanol–water partition coefficient (Wildman–Crippen LogP) is 4.68. The first kappa shape index (κ1) is 16.1. The Kier molecular flexibility index (Phi) is 5.01. The molecule has 1 aliphatic rings. The normalized spacial score (nSPS) is 18.0. The van der Waals surface area contributed by atoms with Gasteiger partial charge in [0, 0.05) is 40.1 Å². The maximum atomic E-state index is 12.6. The molecule has 4 heteroatoms. The van der Waals surface area contributed by atoms with Crippen LogP contribution in [0.25, 0.3) is 0 Å². The van der Waals surface area contributed by atoms with Crippen molar-refractivity contribution in [3.8, 4) is 0 Å². The summed E-state index contributed by atoms with van der Waals surface area (Å²) in [4.78, 5) is 17.3. The lowest BCUT2D eigenvalue weighted by molar-refractivity contribution is 0.0635. The van der Waals surface area contributed by atoms with Gasteiger partial charge in [-0.2, -0.15) is 0 Å². The fourth-order valence-electron chi connectivity index (χ4n) is 3.07. The summed E-state index contributed by atoms with van der Waals surface area (Å²) in [7, 11) is 0. The van der Waals surface area contributed by atoms with E-state index in [1.165, 1.54) is 16.2 Å². The van der Waals surface area contributed by atoms with Crippen LogP contribution in [0.5, 0.6) is 0 Å². The number of likely N-dealkylation sites (tertiary alicyclic amines) is 1. The maximum absolute atomic E-state index is 12.6. The second-order valence-corrected chi connectivity index (χ2v) is 7.66.